The van der Waals surface area contributed by atoms with Crippen molar-refractivity contribution in [3.63, 3.8) is 0 Å². The summed E-state index contributed by atoms with van der Waals surface area (Å²) >= 11 is 0. The summed E-state index contributed by atoms with van der Waals surface area (Å²) in [6, 6.07) is 8.93. The van der Waals surface area contributed by atoms with E-state index in [2.05, 4.69) is 0 Å². The van der Waals surface area contributed by atoms with Gasteiger partial charge in [0, 0.05) is 30.6 Å². The molecule has 2 rings (SSSR count). The lowest BCUT2D eigenvalue weighted by Crippen LogP contribution is -1.99. The molecule has 0 radical (unpaired) electrons. The predicted octanol–water partition coefficient (Wildman–Crippen LogP) is 2.26. The molecule has 3 nitrogen and oxygen atoms in total. The second kappa shape index (κ2) is 4.23. The molecule has 3 heteroatoms. The predicted molar refractivity (Wildman–Crippen MR) is 61.8 cm³/mol. The number of aryl methyl sites for hydroxylation is 1. The van der Waals surface area contributed by atoms with Crippen molar-refractivity contribution in [1.82, 2.24) is 4.57 Å². The lowest BCUT2D eigenvalue weighted by molar-refractivity contribution is 0.103. The highest BCUT2D eigenvalue weighted by Gasteiger charge is 2.09. The minimum Gasteiger partial charge on any atom is -0.497 e. The molecule has 1 aromatic heterocycles. The summed E-state index contributed by atoms with van der Waals surface area (Å²) in [6.45, 7) is 0. The standard InChI is InChI=1S/C13H13NO2/c1-14-8-7-11(9-14)13(15)10-3-5-12(16-2)6-4-10/h3-9H,1-2H3. The van der Waals surface area contributed by atoms with E-state index in [0.29, 0.717) is 11.1 Å². The zero-order chi connectivity index (χ0) is 11.5. The number of carbonyl (C=O) groups is 1. The van der Waals surface area contributed by atoms with Gasteiger partial charge in [-0.2, -0.15) is 0 Å². The molecule has 0 saturated heterocycles. The molecule has 16 heavy (non-hydrogen) atoms. The van der Waals surface area contributed by atoms with E-state index >= 15 is 0 Å². The average molecular weight is 215 g/mol. The number of aromatic nitrogens is 1. The quantitative estimate of drug-likeness (QED) is 0.735. The highest BCUT2D eigenvalue weighted by atomic mass is 16.5. The van der Waals surface area contributed by atoms with Crippen molar-refractivity contribution in [2.75, 3.05) is 7.11 Å². The van der Waals surface area contributed by atoms with E-state index in [9.17, 15) is 4.79 Å². The number of carbonyl (C=O) groups excluding carboxylic acids is 1. The maximum atomic E-state index is 12.0. The fourth-order valence-electron chi connectivity index (χ4n) is 1.55. The number of methoxy groups -OCH3 is 1. The Morgan fingerprint density at radius 1 is 1.12 bits per heavy atom. The van der Waals surface area contributed by atoms with Gasteiger partial charge in [0.15, 0.2) is 5.78 Å². The first-order valence-electron chi connectivity index (χ1n) is 5.01. The molecule has 0 atom stereocenters. The lowest BCUT2D eigenvalue weighted by atomic mass is 10.1. The average Bonchev–Trinajstić information content (AvgIpc) is 2.75. The third kappa shape index (κ3) is 1.98. The molecule has 0 bridgehead atoms. The molecular formula is C13H13NO2. The highest BCUT2D eigenvalue weighted by Crippen LogP contribution is 2.14. The third-order valence-corrected chi connectivity index (χ3v) is 2.45. The van der Waals surface area contributed by atoms with Gasteiger partial charge >= 0.3 is 0 Å². The van der Waals surface area contributed by atoms with Gasteiger partial charge in [-0.3, -0.25) is 4.79 Å². The van der Waals surface area contributed by atoms with Crippen molar-refractivity contribution in [3.05, 3.63) is 53.9 Å². The number of hydrogen-bond donors (Lipinski definition) is 0. The van der Waals surface area contributed by atoms with Crippen LogP contribution in [0.25, 0.3) is 0 Å². The second-order valence-corrected chi connectivity index (χ2v) is 3.62. The van der Waals surface area contributed by atoms with Crippen LogP contribution < -0.4 is 4.74 Å². The summed E-state index contributed by atoms with van der Waals surface area (Å²) < 4.78 is 6.90. The van der Waals surface area contributed by atoms with Crippen LogP contribution in [0.15, 0.2) is 42.7 Å². The molecular weight excluding hydrogens is 202 g/mol. The summed E-state index contributed by atoms with van der Waals surface area (Å²) in [5, 5.41) is 0. The Morgan fingerprint density at radius 2 is 1.81 bits per heavy atom. The number of ketones is 1. The SMILES string of the molecule is COc1ccc(C(=O)c2ccn(C)c2)cc1. The molecule has 82 valence electrons. The van der Waals surface area contributed by atoms with E-state index < -0.39 is 0 Å². The van der Waals surface area contributed by atoms with Crippen molar-refractivity contribution in [3.8, 4) is 5.75 Å². The molecule has 1 heterocycles. The maximum absolute atomic E-state index is 12.0. The van der Waals surface area contributed by atoms with Crippen LogP contribution >= 0.6 is 0 Å². The Morgan fingerprint density at radius 3 is 2.31 bits per heavy atom. The van der Waals surface area contributed by atoms with Gasteiger partial charge in [0.25, 0.3) is 0 Å². The molecule has 0 unspecified atom stereocenters. The van der Waals surface area contributed by atoms with E-state index in [1.807, 2.05) is 30.1 Å². The van der Waals surface area contributed by atoms with E-state index in [-0.39, 0.29) is 5.78 Å². The first-order valence-corrected chi connectivity index (χ1v) is 5.01. The largest absolute Gasteiger partial charge is 0.497 e. The molecule has 0 aliphatic carbocycles. The van der Waals surface area contributed by atoms with Gasteiger partial charge < -0.3 is 9.30 Å². The van der Waals surface area contributed by atoms with Crippen LogP contribution in [0.2, 0.25) is 0 Å². The number of rotatable bonds is 3. The van der Waals surface area contributed by atoms with Crippen molar-refractivity contribution in [1.29, 1.82) is 0 Å². The van der Waals surface area contributed by atoms with E-state index in [4.69, 9.17) is 4.74 Å². The number of nitrogens with zero attached hydrogens (tertiary/aromatic N) is 1. The second-order valence-electron chi connectivity index (χ2n) is 3.62. The summed E-state index contributed by atoms with van der Waals surface area (Å²) in [6.07, 6.45) is 3.67. The highest BCUT2D eigenvalue weighted by molar-refractivity contribution is 6.08. The fraction of sp³-hybridized carbons (Fsp3) is 0.154. The molecule has 0 saturated carbocycles. The summed E-state index contributed by atoms with van der Waals surface area (Å²) in [4.78, 5) is 12.0. The van der Waals surface area contributed by atoms with Gasteiger partial charge in [0.05, 0.1) is 7.11 Å². The van der Waals surface area contributed by atoms with E-state index in [0.717, 1.165) is 5.75 Å². The smallest absolute Gasteiger partial charge is 0.194 e. The first-order chi connectivity index (χ1) is 7.70. The lowest BCUT2D eigenvalue weighted by Gasteiger charge is -2.01. The van der Waals surface area contributed by atoms with Crippen LogP contribution in [0.5, 0.6) is 5.75 Å². The van der Waals surface area contributed by atoms with Crippen LogP contribution in [0.3, 0.4) is 0 Å². The van der Waals surface area contributed by atoms with Crippen LogP contribution in [0, 0.1) is 0 Å². The van der Waals surface area contributed by atoms with Crippen LogP contribution in [0.1, 0.15) is 15.9 Å². The van der Waals surface area contributed by atoms with Crippen LogP contribution in [-0.4, -0.2) is 17.5 Å². The van der Waals surface area contributed by atoms with Gasteiger partial charge in [0.2, 0.25) is 0 Å². The molecule has 0 aliphatic heterocycles. The molecule has 1 aromatic carbocycles. The van der Waals surface area contributed by atoms with E-state index in [1.165, 1.54) is 0 Å². The monoisotopic (exact) mass is 215 g/mol. The molecule has 0 fully saturated rings. The Bertz CT molecular complexity index is 497. The Balaban J connectivity index is 2.27. The normalized spacial score (nSPS) is 10.1. The van der Waals surface area contributed by atoms with Gasteiger partial charge in [-0.15, -0.1) is 0 Å². The van der Waals surface area contributed by atoms with Gasteiger partial charge in [0.1, 0.15) is 5.75 Å². The molecule has 0 spiro atoms. The molecule has 0 amide bonds. The maximum Gasteiger partial charge on any atom is 0.194 e. The topological polar surface area (TPSA) is 31.2 Å². The minimum atomic E-state index is 0.0308. The number of hydrogen-bond acceptors (Lipinski definition) is 2. The number of benzene rings is 1. The zero-order valence-electron chi connectivity index (χ0n) is 9.31. The van der Waals surface area contributed by atoms with E-state index in [1.54, 1.807) is 31.4 Å². The van der Waals surface area contributed by atoms with Crippen molar-refractivity contribution in [2.24, 2.45) is 7.05 Å². The third-order valence-electron chi connectivity index (χ3n) is 2.45. The van der Waals surface area contributed by atoms with Crippen LogP contribution in [0.4, 0.5) is 0 Å². The van der Waals surface area contributed by atoms with Crippen LogP contribution in [-0.2, 0) is 7.05 Å². The molecule has 0 aliphatic rings. The van der Waals surface area contributed by atoms with Gasteiger partial charge in [-0.25, -0.2) is 0 Å². The fourth-order valence-corrected chi connectivity index (χ4v) is 1.55. The summed E-state index contributed by atoms with van der Waals surface area (Å²) in [7, 11) is 3.50. The Kier molecular flexibility index (Phi) is 2.77. The summed E-state index contributed by atoms with van der Waals surface area (Å²) in [5.74, 6) is 0.785. The Hall–Kier alpha value is -2.03. The molecule has 2 aromatic rings. The zero-order valence-corrected chi connectivity index (χ0v) is 9.31. The first kappa shape index (κ1) is 10.5. The molecule has 0 N–H and O–H groups in total. The Labute approximate surface area is 94.3 Å². The summed E-state index contributed by atoms with van der Waals surface area (Å²) in [5.41, 5.74) is 1.37. The minimum absolute atomic E-state index is 0.0308. The van der Waals surface area contributed by atoms with Crippen molar-refractivity contribution >= 4 is 5.78 Å². The van der Waals surface area contributed by atoms with Gasteiger partial charge in [-0.1, -0.05) is 0 Å². The van der Waals surface area contributed by atoms with Gasteiger partial charge in [-0.05, 0) is 30.3 Å². The van der Waals surface area contributed by atoms with Crippen molar-refractivity contribution in [2.45, 2.75) is 0 Å². The van der Waals surface area contributed by atoms with Crippen molar-refractivity contribution < 1.29 is 9.53 Å². The number of ether oxygens (including phenoxy) is 1.